The van der Waals surface area contributed by atoms with Crippen molar-refractivity contribution in [2.45, 2.75) is 25.1 Å². The van der Waals surface area contributed by atoms with Gasteiger partial charge in [-0.1, -0.05) is 0 Å². The summed E-state index contributed by atoms with van der Waals surface area (Å²) in [4.78, 5) is 13.1. The van der Waals surface area contributed by atoms with E-state index in [4.69, 9.17) is 10.5 Å². The van der Waals surface area contributed by atoms with E-state index < -0.39 is 18.1 Å². The summed E-state index contributed by atoms with van der Waals surface area (Å²) in [6, 6.07) is -0.789. The average molecular weight is 254 g/mol. The van der Waals surface area contributed by atoms with Crippen LogP contribution in [-0.2, 0) is 9.53 Å². The van der Waals surface area contributed by atoms with E-state index in [-0.39, 0.29) is 38.4 Å². The molecule has 7 heteroatoms. The molecule has 1 atom stereocenters. The van der Waals surface area contributed by atoms with Gasteiger partial charge < -0.3 is 15.4 Å². The number of hydrogen-bond donors (Lipinski definition) is 1. The van der Waals surface area contributed by atoms with Crippen LogP contribution >= 0.6 is 0 Å². The molecule has 0 aromatic rings. The molecular formula is C10H17F3N2O2. The van der Waals surface area contributed by atoms with Crippen LogP contribution in [0.5, 0.6) is 0 Å². The number of nitrogens with two attached hydrogens (primary N) is 1. The summed E-state index contributed by atoms with van der Waals surface area (Å²) in [5.41, 5.74) is 5.54. The van der Waals surface area contributed by atoms with Gasteiger partial charge in [0.2, 0.25) is 5.91 Å². The van der Waals surface area contributed by atoms with Crippen molar-refractivity contribution in [2.24, 2.45) is 11.7 Å². The molecule has 1 aliphatic rings. The standard InChI is InChI=1S/C10H17F3N2O2/c1-17-6-8(14)9(16)15-4-2-7(3-5-15)10(11,12)13/h7-8H,2-6,14H2,1H3. The van der Waals surface area contributed by atoms with Gasteiger partial charge in [0, 0.05) is 20.2 Å². The van der Waals surface area contributed by atoms with Crippen LogP contribution < -0.4 is 5.73 Å². The highest BCUT2D eigenvalue weighted by atomic mass is 19.4. The van der Waals surface area contributed by atoms with Crippen molar-refractivity contribution in [2.75, 3.05) is 26.8 Å². The van der Waals surface area contributed by atoms with Gasteiger partial charge >= 0.3 is 6.18 Å². The zero-order valence-corrected chi connectivity index (χ0v) is 9.67. The summed E-state index contributed by atoms with van der Waals surface area (Å²) in [5.74, 6) is -1.64. The maximum atomic E-state index is 12.4. The van der Waals surface area contributed by atoms with Crippen LogP contribution in [0.1, 0.15) is 12.8 Å². The van der Waals surface area contributed by atoms with Crippen LogP contribution in [0, 0.1) is 5.92 Å². The number of carbonyl (C=O) groups is 1. The Labute approximate surface area is 97.9 Å². The first-order chi connectivity index (χ1) is 7.86. The molecule has 17 heavy (non-hydrogen) atoms. The van der Waals surface area contributed by atoms with Gasteiger partial charge in [0.1, 0.15) is 6.04 Å². The Kier molecular flexibility index (Phi) is 4.76. The number of carbonyl (C=O) groups excluding carboxylic acids is 1. The van der Waals surface area contributed by atoms with Gasteiger partial charge in [-0.2, -0.15) is 13.2 Å². The predicted octanol–water partition coefficient (Wildman–Crippen LogP) is 0.761. The normalized spacial score (nSPS) is 20.4. The van der Waals surface area contributed by atoms with Crippen LogP contribution in [0.2, 0.25) is 0 Å². The molecule has 100 valence electrons. The van der Waals surface area contributed by atoms with Crippen LogP contribution in [0.3, 0.4) is 0 Å². The minimum Gasteiger partial charge on any atom is -0.383 e. The van der Waals surface area contributed by atoms with Gasteiger partial charge in [0.15, 0.2) is 0 Å². The van der Waals surface area contributed by atoms with Crippen molar-refractivity contribution < 1.29 is 22.7 Å². The number of hydrogen-bond acceptors (Lipinski definition) is 3. The second kappa shape index (κ2) is 5.68. The lowest BCUT2D eigenvalue weighted by Crippen LogP contribution is -2.50. The Hall–Kier alpha value is -0.820. The van der Waals surface area contributed by atoms with E-state index >= 15 is 0 Å². The number of amides is 1. The quantitative estimate of drug-likeness (QED) is 0.809. The third kappa shape index (κ3) is 3.85. The molecular weight excluding hydrogens is 237 g/mol. The first-order valence-electron chi connectivity index (χ1n) is 5.46. The van der Waals surface area contributed by atoms with Crippen LogP contribution in [0.4, 0.5) is 13.2 Å². The van der Waals surface area contributed by atoms with Gasteiger partial charge in [-0.25, -0.2) is 0 Å². The molecule has 1 heterocycles. The Morgan fingerprint density at radius 3 is 2.41 bits per heavy atom. The summed E-state index contributed by atoms with van der Waals surface area (Å²) < 4.78 is 41.9. The van der Waals surface area contributed by atoms with E-state index in [1.807, 2.05) is 0 Å². The largest absolute Gasteiger partial charge is 0.391 e. The van der Waals surface area contributed by atoms with Crippen molar-refractivity contribution in [3.8, 4) is 0 Å². The monoisotopic (exact) mass is 254 g/mol. The Bertz CT molecular complexity index is 263. The van der Waals surface area contributed by atoms with E-state index in [2.05, 4.69) is 0 Å². The number of alkyl halides is 3. The summed E-state index contributed by atoms with van der Waals surface area (Å²) in [6.07, 6.45) is -4.26. The van der Waals surface area contributed by atoms with Gasteiger partial charge in [0.05, 0.1) is 12.5 Å². The molecule has 0 saturated carbocycles. The number of halogens is 3. The second-order valence-corrected chi connectivity index (χ2v) is 4.20. The fourth-order valence-electron chi connectivity index (χ4n) is 1.91. The lowest BCUT2D eigenvalue weighted by Gasteiger charge is -2.34. The number of rotatable bonds is 3. The molecule has 0 spiro atoms. The first kappa shape index (κ1) is 14.2. The van der Waals surface area contributed by atoms with Crippen LogP contribution in [-0.4, -0.2) is 49.8 Å². The highest BCUT2D eigenvalue weighted by Crippen LogP contribution is 2.34. The van der Waals surface area contributed by atoms with E-state index in [0.717, 1.165) is 0 Å². The lowest BCUT2D eigenvalue weighted by atomic mass is 9.96. The van der Waals surface area contributed by atoms with E-state index in [9.17, 15) is 18.0 Å². The van der Waals surface area contributed by atoms with Gasteiger partial charge in [-0.05, 0) is 12.8 Å². The molecule has 0 bridgehead atoms. The summed E-state index contributed by atoms with van der Waals surface area (Å²) in [6.45, 7) is 0.304. The maximum Gasteiger partial charge on any atom is 0.391 e. The third-order valence-electron chi connectivity index (χ3n) is 2.93. The topological polar surface area (TPSA) is 55.6 Å². The third-order valence-corrected chi connectivity index (χ3v) is 2.93. The minimum absolute atomic E-state index is 0.0467. The molecule has 1 fully saturated rings. The van der Waals surface area contributed by atoms with Crippen molar-refractivity contribution in [1.82, 2.24) is 4.90 Å². The van der Waals surface area contributed by atoms with Gasteiger partial charge in [-0.3, -0.25) is 4.79 Å². The molecule has 4 nitrogen and oxygen atoms in total. The van der Waals surface area contributed by atoms with Crippen molar-refractivity contribution in [3.63, 3.8) is 0 Å². The average Bonchev–Trinajstić information content (AvgIpc) is 2.27. The fourth-order valence-corrected chi connectivity index (χ4v) is 1.91. The van der Waals surface area contributed by atoms with Crippen LogP contribution in [0.25, 0.3) is 0 Å². The summed E-state index contributed by atoms with van der Waals surface area (Å²) in [5, 5.41) is 0. The molecule has 1 saturated heterocycles. The highest BCUT2D eigenvalue weighted by Gasteiger charge is 2.42. The highest BCUT2D eigenvalue weighted by molar-refractivity contribution is 5.81. The predicted molar refractivity (Wildman–Crippen MR) is 55.2 cm³/mol. The van der Waals surface area contributed by atoms with Crippen molar-refractivity contribution >= 4 is 5.91 Å². The number of methoxy groups -OCH3 is 1. The SMILES string of the molecule is COCC(N)C(=O)N1CCC(C(F)(F)F)CC1. The molecule has 0 aliphatic carbocycles. The maximum absolute atomic E-state index is 12.4. The zero-order chi connectivity index (χ0) is 13.1. The van der Waals surface area contributed by atoms with Gasteiger partial charge in [0.25, 0.3) is 0 Å². The van der Waals surface area contributed by atoms with Crippen LogP contribution in [0.15, 0.2) is 0 Å². The molecule has 1 unspecified atom stereocenters. The van der Waals surface area contributed by atoms with E-state index in [0.29, 0.717) is 0 Å². The minimum atomic E-state index is -4.16. The molecule has 2 N–H and O–H groups in total. The molecule has 0 aromatic heterocycles. The second-order valence-electron chi connectivity index (χ2n) is 4.20. The molecule has 0 radical (unpaired) electrons. The molecule has 0 aromatic carbocycles. The van der Waals surface area contributed by atoms with E-state index in [1.54, 1.807) is 0 Å². The Morgan fingerprint density at radius 2 is 2.00 bits per heavy atom. The van der Waals surface area contributed by atoms with Crippen molar-refractivity contribution in [3.05, 3.63) is 0 Å². The zero-order valence-electron chi connectivity index (χ0n) is 9.67. The summed E-state index contributed by atoms with van der Waals surface area (Å²) in [7, 11) is 1.42. The Morgan fingerprint density at radius 1 is 1.47 bits per heavy atom. The first-order valence-corrected chi connectivity index (χ1v) is 5.46. The molecule has 1 rings (SSSR count). The number of nitrogens with zero attached hydrogens (tertiary/aromatic N) is 1. The Balaban J connectivity index is 2.44. The van der Waals surface area contributed by atoms with Crippen molar-refractivity contribution in [1.29, 1.82) is 0 Å². The number of ether oxygens (including phenoxy) is 1. The lowest BCUT2D eigenvalue weighted by molar-refractivity contribution is -0.186. The van der Waals surface area contributed by atoms with E-state index in [1.165, 1.54) is 12.0 Å². The smallest absolute Gasteiger partial charge is 0.383 e. The fraction of sp³-hybridized carbons (Fsp3) is 0.900. The molecule has 1 aliphatic heterocycles. The summed E-state index contributed by atoms with van der Waals surface area (Å²) >= 11 is 0. The number of likely N-dealkylation sites (tertiary alicyclic amines) is 1. The molecule has 1 amide bonds. The number of piperidine rings is 1. The van der Waals surface area contributed by atoms with Gasteiger partial charge in [-0.15, -0.1) is 0 Å².